The Labute approximate surface area is 194 Å². The van der Waals surface area contributed by atoms with Crippen molar-refractivity contribution in [3.05, 3.63) is 48.0 Å². The predicted molar refractivity (Wildman–Crippen MR) is 120 cm³/mol. The van der Waals surface area contributed by atoms with Gasteiger partial charge in [-0.25, -0.2) is 9.78 Å². The molecule has 182 valence electrons. The Hall–Kier alpha value is -3.27. The summed E-state index contributed by atoms with van der Waals surface area (Å²) >= 11 is 0. The second kappa shape index (κ2) is 8.50. The third-order valence-corrected chi connectivity index (χ3v) is 6.39. The fraction of sp³-hybridized carbons (Fsp3) is 0.417. The molecule has 0 amide bonds. The highest BCUT2D eigenvalue weighted by Gasteiger charge is 2.41. The second-order valence-corrected chi connectivity index (χ2v) is 9.52. The maximum atomic E-state index is 12.5. The summed E-state index contributed by atoms with van der Waals surface area (Å²) in [6, 6.07) is 9.98. The number of rotatable bonds is 5. The first-order valence-electron chi connectivity index (χ1n) is 10.9. The number of carboxylic acid groups (broad SMARTS) is 1. The molecule has 10 heteroatoms. The molecule has 7 nitrogen and oxygen atoms in total. The molecule has 1 aromatic heterocycles. The van der Waals surface area contributed by atoms with E-state index in [4.69, 9.17) is 0 Å². The zero-order chi connectivity index (χ0) is 24.8. The van der Waals surface area contributed by atoms with Gasteiger partial charge in [-0.1, -0.05) is 20.8 Å². The van der Waals surface area contributed by atoms with E-state index in [2.05, 4.69) is 15.0 Å². The van der Waals surface area contributed by atoms with Crippen LogP contribution in [0.25, 0.3) is 11.0 Å². The highest BCUT2D eigenvalue weighted by molar-refractivity contribution is 5.93. The lowest BCUT2D eigenvalue weighted by Crippen LogP contribution is -2.42. The number of alkyl halides is 3. The lowest BCUT2D eigenvalue weighted by atomic mass is 9.68. The van der Waals surface area contributed by atoms with Crippen molar-refractivity contribution in [2.24, 2.45) is 11.3 Å². The SMILES string of the molecule is C[C@H]1CC(n2c(Nc3ccc(OC(F)(F)F)cc3)nc3cc(C(=O)O)ccc32)CC(C)(C)[C@@H]1O. The molecule has 1 saturated carbocycles. The van der Waals surface area contributed by atoms with Gasteiger partial charge in [0.1, 0.15) is 5.75 Å². The molecular formula is C24H26F3N3O4. The number of nitrogens with zero attached hydrogens (tertiary/aromatic N) is 2. The van der Waals surface area contributed by atoms with Gasteiger partial charge in [0.05, 0.1) is 22.7 Å². The van der Waals surface area contributed by atoms with Crippen molar-refractivity contribution in [1.82, 2.24) is 9.55 Å². The number of nitrogens with one attached hydrogen (secondary N) is 1. The average molecular weight is 477 g/mol. The van der Waals surface area contributed by atoms with Crippen molar-refractivity contribution in [3.63, 3.8) is 0 Å². The lowest BCUT2D eigenvalue weighted by Gasteiger charge is -2.44. The van der Waals surface area contributed by atoms with Gasteiger partial charge in [0.15, 0.2) is 0 Å². The summed E-state index contributed by atoms with van der Waals surface area (Å²) in [7, 11) is 0. The van der Waals surface area contributed by atoms with E-state index in [0.717, 1.165) is 5.52 Å². The Morgan fingerprint density at radius 1 is 1.21 bits per heavy atom. The lowest BCUT2D eigenvalue weighted by molar-refractivity contribution is -0.274. The van der Waals surface area contributed by atoms with E-state index in [1.807, 2.05) is 25.3 Å². The maximum absolute atomic E-state index is 12.5. The monoisotopic (exact) mass is 477 g/mol. The number of carbonyl (C=O) groups is 1. The molecular weight excluding hydrogens is 451 g/mol. The van der Waals surface area contributed by atoms with Gasteiger partial charge in [-0.15, -0.1) is 13.2 Å². The Morgan fingerprint density at radius 2 is 1.88 bits per heavy atom. The second-order valence-electron chi connectivity index (χ2n) is 9.52. The minimum absolute atomic E-state index is 0.0242. The summed E-state index contributed by atoms with van der Waals surface area (Å²) in [5.74, 6) is -0.946. The number of benzene rings is 2. The summed E-state index contributed by atoms with van der Waals surface area (Å²) < 4.78 is 43.3. The first-order valence-corrected chi connectivity index (χ1v) is 10.9. The van der Waals surface area contributed by atoms with Crippen LogP contribution in [-0.2, 0) is 0 Å². The quantitative estimate of drug-likeness (QED) is 0.434. The van der Waals surface area contributed by atoms with Crippen molar-refractivity contribution in [2.45, 2.75) is 52.1 Å². The molecule has 3 atom stereocenters. The molecule has 2 aromatic carbocycles. The molecule has 0 spiro atoms. The van der Waals surface area contributed by atoms with Crippen LogP contribution in [0.1, 0.15) is 50.0 Å². The minimum atomic E-state index is -4.78. The van der Waals surface area contributed by atoms with Crippen molar-refractivity contribution in [2.75, 3.05) is 5.32 Å². The van der Waals surface area contributed by atoms with Crippen molar-refractivity contribution >= 4 is 28.6 Å². The van der Waals surface area contributed by atoms with Gasteiger partial charge in [0, 0.05) is 11.7 Å². The van der Waals surface area contributed by atoms with Crippen LogP contribution in [0, 0.1) is 11.3 Å². The average Bonchev–Trinajstić information content (AvgIpc) is 3.09. The van der Waals surface area contributed by atoms with Gasteiger partial charge in [-0.3, -0.25) is 0 Å². The van der Waals surface area contributed by atoms with Gasteiger partial charge < -0.3 is 24.8 Å². The Bertz CT molecular complexity index is 1200. The maximum Gasteiger partial charge on any atom is 0.573 e. The van der Waals surface area contributed by atoms with Gasteiger partial charge in [0.25, 0.3) is 0 Å². The summed E-state index contributed by atoms with van der Waals surface area (Å²) in [4.78, 5) is 16.1. The number of hydrogen-bond donors (Lipinski definition) is 3. The standard InChI is InChI=1S/C24H26F3N3O4/c1-13-10-16(12-23(2,3)20(13)31)30-19-9-4-14(21(32)33)11-18(19)29-22(30)28-15-5-7-17(8-6-15)34-24(25,26)27/h4-9,11,13,16,20,31H,10,12H2,1-3H3,(H,28,29)(H,32,33)/t13-,16?,20+/m0/s1. The zero-order valence-electron chi connectivity index (χ0n) is 18.9. The van der Waals surface area contributed by atoms with Crippen LogP contribution in [0.3, 0.4) is 0 Å². The van der Waals surface area contributed by atoms with Gasteiger partial charge in [-0.2, -0.15) is 0 Å². The summed E-state index contributed by atoms with van der Waals surface area (Å²) in [5, 5.41) is 23.2. The minimum Gasteiger partial charge on any atom is -0.478 e. The number of halogens is 3. The number of hydrogen-bond acceptors (Lipinski definition) is 5. The van der Waals surface area contributed by atoms with Crippen LogP contribution in [0.2, 0.25) is 0 Å². The van der Waals surface area contributed by atoms with Gasteiger partial charge >= 0.3 is 12.3 Å². The first kappa shape index (κ1) is 23.9. The fourth-order valence-electron chi connectivity index (χ4n) is 4.89. The molecule has 0 aliphatic heterocycles. The molecule has 0 bridgehead atoms. The molecule has 1 aliphatic carbocycles. The summed E-state index contributed by atoms with van der Waals surface area (Å²) in [6.07, 6.45) is -3.89. The van der Waals surface area contributed by atoms with Crippen molar-refractivity contribution in [1.29, 1.82) is 0 Å². The van der Waals surface area contributed by atoms with Crippen molar-refractivity contribution in [3.8, 4) is 5.75 Å². The van der Waals surface area contributed by atoms with E-state index < -0.39 is 18.4 Å². The molecule has 0 radical (unpaired) electrons. The fourth-order valence-corrected chi connectivity index (χ4v) is 4.89. The Balaban J connectivity index is 1.74. The smallest absolute Gasteiger partial charge is 0.478 e. The molecule has 1 unspecified atom stereocenters. The predicted octanol–water partition coefficient (Wildman–Crippen LogP) is 5.73. The molecule has 34 heavy (non-hydrogen) atoms. The third-order valence-electron chi connectivity index (χ3n) is 6.39. The number of fused-ring (bicyclic) bond motifs is 1. The van der Waals surface area contributed by atoms with E-state index >= 15 is 0 Å². The number of ether oxygens (including phenoxy) is 1. The number of carboxylic acids is 1. The van der Waals surface area contributed by atoms with Crippen LogP contribution in [0.15, 0.2) is 42.5 Å². The number of aromatic carboxylic acids is 1. The molecule has 1 heterocycles. The molecule has 3 N–H and O–H groups in total. The molecule has 0 saturated heterocycles. The summed E-state index contributed by atoms with van der Waals surface area (Å²) in [6.45, 7) is 6.01. The normalized spacial score (nSPS) is 22.5. The van der Waals surface area contributed by atoms with Gasteiger partial charge in [0.2, 0.25) is 5.95 Å². The van der Waals surface area contributed by atoms with E-state index in [1.54, 1.807) is 6.07 Å². The van der Waals surface area contributed by atoms with Crippen LogP contribution in [-0.4, -0.2) is 38.2 Å². The highest BCUT2D eigenvalue weighted by Crippen LogP contribution is 2.46. The number of imidazole rings is 1. The number of aliphatic hydroxyl groups excluding tert-OH is 1. The van der Waals surface area contributed by atoms with E-state index in [1.165, 1.54) is 36.4 Å². The van der Waals surface area contributed by atoms with Crippen LogP contribution in [0.4, 0.5) is 24.8 Å². The van der Waals surface area contributed by atoms with Gasteiger partial charge in [-0.05, 0) is 66.6 Å². The highest BCUT2D eigenvalue weighted by atomic mass is 19.4. The number of aliphatic hydroxyl groups is 1. The largest absolute Gasteiger partial charge is 0.573 e. The van der Waals surface area contributed by atoms with Crippen LogP contribution in [0.5, 0.6) is 5.75 Å². The van der Waals surface area contributed by atoms with Crippen LogP contribution >= 0.6 is 0 Å². The summed E-state index contributed by atoms with van der Waals surface area (Å²) in [5.41, 5.74) is 1.45. The van der Waals surface area contributed by atoms with Crippen LogP contribution < -0.4 is 10.1 Å². The van der Waals surface area contributed by atoms with E-state index in [0.29, 0.717) is 30.0 Å². The number of anilines is 2. The molecule has 4 rings (SSSR count). The molecule has 1 fully saturated rings. The van der Waals surface area contributed by atoms with E-state index in [-0.39, 0.29) is 28.7 Å². The molecule has 1 aliphatic rings. The Kier molecular flexibility index (Phi) is 5.97. The third kappa shape index (κ3) is 4.82. The first-order chi connectivity index (χ1) is 15.8. The Morgan fingerprint density at radius 3 is 2.47 bits per heavy atom. The molecule has 3 aromatic rings. The number of aromatic nitrogens is 2. The zero-order valence-corrected chi connectivity index (χ0v) is 18.9. The topological polar surface area (TPSA) is 96.6 Å². The van der Waals surface area contributed by atoms with E-state index in [9.17, 15) is 28.2 Å². The van der Waals surface area contributed by atoms with Crippen molar-refractivity contribution < 1.29 is 32.9 Å².